The Morgan fingerprint density at radius 3 is 2.64 bits per heavy atom. The van der Waals surface area contributed by atoms with E-state index in [1.54, 1.807) is 5.43 Å². The number of hydrazone groups is 1. The molecule has 3 aromatic rings. The maximum absolute atomic E-state index is 13.3. The topological polar surface area (TPSA) is 71.7 Å². The number of thiophene rings is 1. The Morgan fingerprint density at radius 1 is 1.25 bits per heavy atom. The van der Waals surface area contributed by atoms with Crippen LogP contribution in [0.3, 0.4) is 0 Å². The molecule has 0 fully saturated rings. The molecule has 5 nitrogen and oxygen atoms in total. The summed E-state index contributed by atoms with van der Waals surface area (Å²) in [6, 6.07) is 6.21. The van der Waals surface area contributed by atoms with Gasteiger partial charge in [0, 0.05) is 10.1 Å². The average Bonchev–Trinajstić information content (AvgIpc) is 3.25. The zero-order valence-electron chi connectivity index (χ0n) is 13.6. The van der Waals surface area contributed by atoms with Gasteiger partial charge in [-0.15, -0.1) is 11.3 Å². The smallest absolute Gasteiger partial charge is 0.431 e. The molecule has 146 valence electrons. The van der Waals surface area contributed by atoms with Gasteiger partial charge in [0.1, 0.15) is 16.4 Å². The van der Waals surface area contributed by atoms with Crippen LogP contribution in [-0.2, 0) is 0 Å². The molecule has 0 bridgehead atoms. The molecule has 0 atom stereocenters. The second-order valence-corrected chi connectivity index (χ2v) is 6.89. The molecule has 1 N–H and O–H groups in total. The predicted molar refractivity (Wildman–Crippen MR) is 95.4 cm³/mol. The standard InChI is InChI=1S/C17H9ClF4N2O3S/c18-14-9-4-3-8(19)6-12(9)28-15(14)16(26)24-23-13(17(20,21)22)7-10(25)11-2-1-5-27-11/h1-6H,7H2,(H,24,26)/b23-13+. The summed E-state index contributed by atoms with van der Waals surface area (Å²) in [6.45, 7) is 0. The molecular weight excluding hydrogens is 424 g/mol. The zero-order chi connectivity index (χ0) is 20.5. The van der Waals surface area contributed by atoms with Crippen molar-refractivity contribution in [3.8, 4) is 0 Å². The van der Waals surface area contributed by atoms with Crippen LogP contribution in [-0.4, -0.2) is 23.6 Å². The highest BCUT2D eigenvalue weighted by atomic mass is 35.5. The molecular formula is C17H9ClF4N2O3S. The number of nitrogens with one attached hydrogen (secondary N) is 1. The number of furan rings is 1. The minimum Gasteiger partial charge on any atom is -0.461 e. The van der Waals surface area contributed by atoms with E-state index in [9.17, 15) is 27.2 Å². The van der Waals surface area contributed by atoms with Gasteiger partial charge in [-0.05, 0) is 30.3 Å². The number of amides is 1. The molecule has 0 radical (unpaired) electrons. The molecule has 0 spiro atoms. The Labute approximate surface area is 163 Å². The van der Waals surface area contributed by atoms with Crippen LogP contribution < -0.4 is 5.43 Å². The third-order valence-corrected chi connectivity index (χ3v) is 5.20. The van der Waals surface area contributed by atoms with Crippen LogP contribution in [0.4, 0.5) is 17.6 Å². The molecule has 0 saturated heterocycles. The summed E-state index contributed by atoms with van der Waals surface area (Å²) in [5.74, 6) is -2.78. The van der Waals surface area contributed by atoms with Crippen molar-refractivity contribution in [1.82, 2.24) is 5.43 Å². The van der Waals surface area contributed by atoms with Crippen molar-refractivity contribution in [2.45, 2.75) is 12.6 Å². The lowest BCUT2D eigenvalue weighted by Crippen LogP contribution is -2.30. The first kappa shape index (κ1) is 20.0. The van der Waals surface area contributed by atoms with Gasteiger partial charge in [-0.1, -0.05) is 11.6 Å². The molecule has 11 heteroatoms. The maximum Gasteiger partial charge on any atom is 0.431 e. The molecule has 2 aromatic heterocycles. The molecule has 0 unspecified atom stereocenters. The van der Waals surface area contributed by atoms with Gasteiger partial charge in [-0.2, -0.15) is 18.3 Å². The van der Waals surface area contributed by atoms with Gasteiger partial charge in [-0.25, -0.2) is 9.82 Å². The van der Waals surface area contributed by atoms with E-state index >= 15 is 0 Å². The second-order valence-electron chi connectivity index (χ2n) is 5.46. The van der Waals surface area contributed by atoms with E-state index in [1.165, 1.54) is 18.2 Å². The van der Waals surface area contributed by atoms with Crippen LogP contribution in [0.1, 0.15) is 26.6 Å². The monoisotopic (exact) mass is 432 g/mol. The Kier molecular flexibility index (Phi) is 5.52. The van der Waals surface area contributed by atoms with Gasteiger partial charge in [0.05, 0.1) is 17.7 Å². The van der Waals surface area contributed by atoms with E-state index in [0.29, 0.717) is 10.1 Å². The maximum atomic E-state index is 13.3. The summed E-state index contributed by atoms with van der Waals surface area (Å²) in [6.07, 6.45) is -4.93. The van der Waals surface area contributed by atoms with Crippen LogP contribution in [0.5, 0.6) is 0 Å². The molecule has 1 amide bonds. The molecule has 0 saturated carbocycles. The van der Waals surface area contributed by atoms with Crippen LogP contribution in [0.15, 0.2) is 46.1 Å². The van der Waals surface area contributed by atoms with Crippen molar-refractivity contribution in [1.29, 1.82) is 0 Å². The summed E-state index contributed by atoms with van der Waals surface area (Å²) >= 11 is 6.85. The Morgan fingerprint density at radius 2 is 2.00 bits per heavy atom. The summed E-state index contributed by atoms with van der Waals surface area (Å²) in [5, 5.41) is 3.40. The number of halogens is 5. The number of hydrogen-bond acceptors (Lipinski definition) is 5. The largest absolute Gasteiger partial charge is 0.461 e. The third kappa shape index (κ3) is 4.23. The van der Waals surface area contributed by atoms with Crippen LogP contribution >= 0.6 is 22.9 Å². The van der Waals surface area contributed by atoms with Crippen LogP contribution in [0, 0.1) is 5.82 Å². The van der Waals surface area contributed by atoms with Crippen molar-refractivity contribution >= 4 is 50.4 Å². The Hall–Kier alpha value is -2.72. The van der Waals surface area contributed by atoms with Gasteiger partial charge in [0.15, 0.2) is 5.76 Å². The summed E-state index contributed by atoms with van der Waals surface area (Å²) in [7, 11) is 0. The first-order valence-electron chi connectivity index (χ1n) is 7.55. The van der Waals surface area contributed by atoms with Gasteiger partial charge in [-0.3, -0.25) is 9.59 Å². The van der Waals surface area contributed by atoms with Crippen molar-refractivity contribution in [2.75, 3.05) is 0 Å². The van der Waals surface area contributed by atoms with Gasteiger partial charge in [0.2, 0.25) is 5.78 Å². The van der Waals surface area contributed by atoms with Gasteiger partial charge in [0.25, 0.3) is 5.91 Å². The fourth-order valence-electron chi connectivity index (χ4n) is 2.23. The third-order valence-electron chi connectivity index (χ3n) is 3.54. The summed E-state index contributed by atoms with van der Waals surface area (Å²) in [4.78, 5) is 23.9. The van der Waals surface area contributed by atoms with E-state index in [0.717, 1.165) is 29.7 Å². The highest BCUT2D eigenvalue weighted by molar-refractivity contribution is 7.21. The number of fused-ring (bicyclic) bond motifs is 1. The van der Waals surface area contributed by atoms with E-state index in [4.69, 9.17) is 16.0 Å². The lowest BCUT2D eigenvalue weighted by Gasteiger charge is -2.09. The summed E-state index contributed by atoms with van der Waals surface area (Å²) in [5.41, 5.74) is 0.242. The lowest BCUT2D eigenvalue weighted by molar-refractivity contribution is -0.0605. The number of Topliss-reactive ketones (excluding diaryl/α,β-unsaturated/α-hetero) is 1. The molecule has 3 rings (SSSR count). The highest BCUT2D eigenvalue weighted by Gasteiger charge is 2.38. The normalized spacial score (nSPS) is 12.4. The molecule has 2 heterocycles. The van der Waals surface area contributed by atoms with Crippen LogP contribution in [0.25, 0.3) is 10.1 Å². The lowest BCUT2D eigenvalue weighted by atomic mass is 10.1. The minimum atomic E-state index is -4.96. The second kappa shape index (κ2) is 7.72. The fraction of sp³-hybridized carbons (Fsp3) is 0.118. The van der Waals surface area contributed by atoms with Crippen LogP contribution in [0.2, 0.25) is 5.02 Å². The Bertz CT molecular complexity index is 1070. The zero-order valence-corrected chi connectivity index (χ0v) is 15.2. The summed E-state index contributed by atoms with van der Waals surface area (Å²) < 4.78 is 57.8. The van der Waals surface area contributed by atoms with E-state index in [-0.39, 0.29) is 15.7 Å². The number of carbonyl (C=O) groups is 2. The molecule has 0 aliphatic carbocycles. The SMILES string of the molecule is O=C(C/C(=N\NC(=O)c1sc2cc(F)ccc2c1Cl)C(F)(F)F)c1ccco1. The number of benzene rings is 1. The number of alkyl halides is 3. The molecule has 1 aromatic carbocycles. The first-order valence-corrected chi connectivity index (χ1v) is 8.74. The van der Waals surface area contributed by atoms with E-state index in [1.807, 2.05) is 0 Å². The Balaban J connectivity index is 1.83. The van der Waals surface area contributed by atoms with E-state index in [2.05, 4.69) is 5.10 Å². The quantitative estimate of drug-likeness (QED) is 0.260. The van der Waals surface area contributed by atoms with Gasteiger partial charge >= 0.3 is 6.18 Å². The van der Waals surface area contributed by atoms with Crippen molar-refractivity contribution in [2.24, 2.45) is 5.10 Å². The average molecular weight is 433 g/mol. The fourth-order valence-corrected chi connectivity index (χ4v) is 3.67. The number of ketones is 1. The molecule has 0 aliphatic rings. The van der Waals surface area contributed by atoms with E-state index < -0.39 is 35.8 Å². The van der Waals surface area contributed by atoms with Gasteiger partial charge < -0.3 is 4.42 Å². The molecule has 28 heavy (non-hydrogen) atoms. The number of rotatable bonds is 5. The highest BCUT2D eigenvalue weighted by Crippen LogP contribution is 2.35. The van der Waals surface area contributed by atoms with Crippen molar-refractivity contribution in [3.63, 3.8) is 0 Å². The number of carbonyl (C=O) groups excluding carboxylic acids is 2. The van der Waals surface area contributed by atoms with Crippen molar-refractivity contribution < 1.29 is 31.6 Å². The number of hydrogen-bond donors (Lipinski definition) is 1. The predicted octanol–water partition coefficient (Wildman–Crippen LogP) is 5.21. The number of nitrogens with zero attached hydrogens (tertiary/aromatic N) is 1. The first-order chi connectivity index (χ1) is 13.2. The molecule has 0 aliphatic heterocycles. The van der Waals surface area contributed by atoms with Crippen molar-refractivity contribution in [3.05, 3.63) is 58.1 Å². The minimum absolute atomic E-state index is 0.0343.